The molecule has 2 aromatic heterocycles. The van der Waals surface area contributed by atoms with E-state index in [9.17, 15) is 0 Å². The van der Waals surface area contributed by atoms with E-state index in [1.165, 1.54) is 16.7 Å². The zero-order valence-electron chi connectivity index (χ0n) is 16.1. The largest absolute Gasteiger partial charge is 0.463 e. The lowest BCUT2D eigenvalue weighted by Gasteiger charge is -2.25. The van der Waals surface area contributed by atoms with Crippen molar-refractivity contribution in [2.24, 2.45) is 0 Å². The molecule has 6 heteroatoms. The van der Waals surface area contributed by atoms with Gasteiger partial charge in [-0.1, -0.05) is 31.5 Å². The van der Waals surface area contributed by atoms with Crippen LogP contribution in [0.4, 0.5) is 5.82 Å². The number of nitrogens with two attached hydrogens (primary N) is 1. The number of hydrogen-bond donors (Lipinski definition) is 2. The molecule has 27 heavy (non-hydrogen) atoms. The van der Waals surface area contributed by atoms with Crippen molar-refractivity contribution in [3.8, 4) is 6.01 Å². The summed E-state index contributed by atoms with van der Waals surface area (Å²) in [7, 11) is 2.18. The standard InChI is InChI=1S/C21H27N5O/c1-3-4-9-27-21-24-18-16(12-23-19(18)20(22)25-21)10-14-5-6-15-7-8-26(2)13-17(15)11-14/h5-6,11-12,23H,3-4,7-10,13H2,1-2H3,(H2,22,24,25). The minimum absolute atomic E-state index is 0.362. The molecule has 0 radical (unpaired) electrons. The molecule has 3 N–H and O–H groups in total. The van der Waals surface area contributed by atoms with E-state index >= 15 is 0 Å². The molecule has 0 spiro atoms. The average molecular weight is 365 g/mol. The molecule has 0 unspecified atom stereocenters. The van der Waals surface area contributed by atoms with Gasteiger partial charge in [0.15, 0.2) is 5.82 Å². The molecule has 6 nitrogen and oxygen atoms in total. The number of nitrogens with zero attached hydrogens (tertiary/aromatic N) is 3. The lowest BCUT2D eigenvalue weighted by Crippen LogP contribution is -2.26. The average Bonchev–Trinajstić information content (AvgIpc) is 3.05. The number of nitrogens with one attached hydrogen (secondary N) is 1. The van der Waals surface area contributed by atoms with Gasteiger partial charge in [-0.25, -0.2) is 0 Å². The van der Waals surface area contributed by atoms with Gasteiger partial charge in [0.25, 0.3) is 0 Å². The van der Waals surface area contributed by atoms with Crippen LogP contribution in [0, 0.1) is 0 Å². The monoisotopic (exact) mass is 365 g/mol. The molecule has 3 heterocycles. The third kappa shape index (κ3) is 3.76. The first-order valence-electron chi connectivity index (χ1n) is 9.69. The van der Waals surface area contributed by atoms with Crippen LogP contribution in [0.2, 0.25) is 0 Å². The first-order chi connectivity index (χ1) is 13.1. The summed E-state index contributed by atoms with van der Waals surface area (Å²) in [6.07, 6.45) is 5.96. The van der Waals surface area contributed by atoms with Gasteiger partial charge in [-0.05, 0) is 36.6 Å². The van der Waals surface area contributed by atoms with Gasteiger partial charge in [0.2, 0.25) is 0 Å². The van der Waals surface area contributed by atoms with Crippen molar-refractivity contribution in [3.05, 3.63) is 46.6 Å². The van der Waals surface area contributed by atoms with E-state index in [-0.39, 0.29) is 0 Å². The maximum atomic E-state index is 6.11. The Labute approximate surface area is 159 Å². The summed E-state index contributed by atoms with van der Waals surface area (Å²) in [6.45, 7) is 4.88. The van der Waals surface area contributed by atoms with Crippen LogP contribution in [0.3, 0.4) is 0 Å². The zero-order chi connectivity index (χ0) is 18.8. The number of nitrogen functional groups attached to an aromatic ring is 1. The lowest BCUT2D eigenvalue weighted by atomic mass is 9.95. The quantitative estimate of drug-likeness (QED) is 0.655. The molecule has 1 aliphatic rings. The summed E-state index contributed by atoms with van der Waals surface area (Å²) in [5.74, 6) is 0.435. The van der Waals surface area contributed by atoms with Crippen LogP contribution in [-0.2, 0) is 19.4 Å². The van der Waals surface area contributed by atoms with E-state index in [1.807, 2.05) is 6.20 Å². The molecule has 0 aliphatic carbocycles. The SMILES string of the molecule is CCCCOc1nc(N)c2[nH]cc(Cc3ccc4c(c3)CN(C)CC4)c2n1. The molecule has 3 aromatic rings. The summed E-state index contributed by atoms with van der Waals surface area (Å²) < 4.78 is 5.67. The molecule has 1 aliphatic heterocycles. The van der Waals surface area contributed by atoms with Crippen LogP contribution in [0.1, 0.15) is 42.0 Å². The smallest absolute Gasteiger partial charge is 0.319 e. The Kier molecular flexibility index (Phi) is 4.99. The van der Waals surface area contributed by atoms with Crippen LogP contribution in [0.5, 0.6) is 6.01 Å². The maximum Gasteiger partial charge on any atom is 0.319 e. The van der Waals surface area contributed by atoms with Gasteiger partial charge in [-0.3, -0.25) is 0 Å². The fraction of sp³-hybridized carbons (Fsp3) is 0.429. The summed E-state index contributed by atoms with van der Waals surface area (Å²) in [6, 6.07) is 7.19. The number of aromatic amines is 1. The molecular weight excluding hydrogens is 338 g/mol. The molecule has 142 valence electrons. The van der Waals surface area contributed by atoms with Gasteiger partial charge in [-0.15, -0.1) is 0 Å². The maximum absolute atomic E-state index is 6.11. The summed E-state index contributed by atoms with van der Waals surface area (Å²) in [5, 5.41) is 0. The van der Waals surface area contributed by atoms with Gasteiger partial charge < -0.3 is 20.4 Å². The van der Waals surface area contributed by atoms with Crippen molar-refractivity contribution in [1.82, 2.24) is 19.9 Å². The second-order valence-corrected chi connectivity index (χ2v) is 7.40. The molecule has 0 bridgehead atoms. The van der Waals surface area contributed by atoms with E-state index in [1.54, 1.807) is 0 Å². The number of fused-ring (bicyclic) bond motifs is 2. The minimum atomic E-state index is 0.362. The third-order valence-electron chi connectivity index (χ3n) is 5.21. The van der Waals surface area contributed by atoms with Crippen LogP contribution in [0.25, 0.3) is 11.0 Å². The first kappa shape index (κ1) is 17.8. The predicted molar refractivity (Wildman–Crippen MR) is 108 cm³/mol. The molecule has 0 saturated carbocycles. The fourth-order valence-electron chi connectivity index (χ4n) is 3.65. The Morgan fingerprint density at radius 1 is 1.26 bits per heavy atom. The van der Waals surface area contributed by atoms with Gasteiger partial charge >= 0.3 is 6.01 Å². The van der Waals surface area contributed by atoms with Gasteiger partial charge in [-0.2, -0.15) is 9.97 Å². The molecule has 0 amide bonds. The normalized spacial score (nSPS) is 14.4. The van der Waals surface area contributed by atoms with Crippen LogP contribution in [0.15, 0.2) is 24.4 Å². The van der Waals surface area contributed by atoms with Crippen molar-refractivity contribution in [2.75, 3.05) is 25.9 Å². The molecule has 0 saturated heterocycles. The van der Waals surface area contributed by atoms with E-state index < -0.39 is 0 Å². The number of anilines is 1. The number of hydrogen-bond acceptors (Lipinski definition) is 5. The Morgan fingerprint density at radius 3 is 3.00 bits per heavy atom. The van der Waals surface area contributed by atoms with Crippen LogP contribution in [-0.4, -0.2) is 40.1 Å². The van der Waals surface area contributed by atoms with Crippen molar-refractivity contribution in [3.63, 3.8) is 0 Å². The van der Waals surface area contributed by atoms with E-state index in [0.717, 1.165) is 55.4 Å². The molecule has 1 aromatic carbocycles. The van der Waals surface area contributed by atoms with Crippen LogP contribution < -0.4 is 10.5 Å². The predicted octanol–water partition coefficient (Wildman–Crippen LogP) is 3.30. The number of rotatable bonds is 6. The van der Waals surface area contributed by atoms with Gasteiger partial charge in [0.1, 0.15) is 11.0 Å². The molecule has 0 fully saturated rings. The number of likely N-dealkylation sites (N-methyl/N-ethyl adjacent to an activating group) is 1. The highest BCUT2D eigenvalue weighted by Gasteiger charge is 2.16. The number of benzene rings is 1. The number of aromatic nitrogens is 3. The molecular formula is C21H27N5O. The fourth-order valence-corrected chi connectivity index (χ4v) is 3.65. The van der Waals surface area contributed by atoms with Crippen molar-refractivity contribution >= 4 is 16.9 Å². The Hall–Kier alpha value is -2.60. The number of H-pyrrole nitrogens is 1. The Morgan fingerprint density at radius 2 is 2.15 bits per heavy atom. The Balaban J connectivity index is 1.61. The number of ether oxygens (including phenoxy) is 1. The molecule has 0 atom stereocenters. The summed E-state index contributed by atoms with van der Waals surface area (Å²) in [5.41, 5.74) is 13.0. The Bertz CT molecular complexity index is 949. The highest BCUT2D eigenvalue weighted by Crippen LogP contribution is 2.26. The van der Waals surface area contributed by atoms with E-state index in [2.05, 4.69) is 52.0 Å². The first-order valence-corrected chi connectivity index (χ1v) is 9.69. The lowest BCUT2D eigenvalue weighted by molar-refractivity contribution is 0.287. The van der Waals surface area contributed by atoms with E-state index in [4.69, 9.17) is 10.5 Å². The van der Waals surface area contributed by atoms with Crippen molar-refractivity contribution in [1.29, 1.82) is 0 Å². The highest BCUT2D eigenvalue weighted by molar-refractivity contribution is 5.87. The second kappa shape index (κ2) is 7.56. The summed E-state index contributed by atoms with van der Waals surface area (Å²) >= 11 is 0. The molecule has 4 rings (SSSR count). The van der Waals surface area contributed by atoms with E-state index in [0.29, 0.717) is 18.4 Å². The second-order valence-electron chi connectivity index (χ2n) is 7.40. The van der Waals surface area contributed by atoms with Crippen LogP contribution >= 0.6 is 0 Å². The van der Waals surface area contributed by atoms with Gasteiger partial charge in [0, 0.05) is 31.3 Å². The van der Waals surface area contributed by atoms with Crippen molar-refractivity contribution < 1.29 is 4.74 Å². The zero-order valence-corrected chi connectivity index (χ0v) is 16.1. The third-order valence-corrected chi connectivity index (χ3v) is 5.21. The highest BCUT2D eigenvalue weighted by atomic mass is 16.5. The van der Waals surface area contributed by atoms with Crippen molar-refractivity contribution in [2.45, 2.75) is 39.2 Å². The number of unbranched alkanes of at least 4 members (excludes halogenated alkanes) is 1. The van der Waals surface area contributed by atoms with Gasteiger partial charge in [0.05, 0.1) is 6.61 Å². The summed E-state index contributed by atoms with van der Waals surface area (Å²) in [4.78, 5) is 14.5. The minimum Gasteiger partial charge on any atom is -0.463 e. The topological polar surface area (TPSA) is 80.1 Å².